The van der Waals surface area contributed by atoms with E-state index in [2.05, 4.69) is 27.4 Å². The van der Waals surface area contributed by atoms with E-state index in [4.69, 9.17) is 0 Å². The molecule has 0 bridgehead atoms. The van der Waals surface area contributed by atoms with Crippen LogP contribution in [0.3, 0.4) is 0 Å². The monoisotopic (exact) mass is 295 g/mol. The number of amides is 4. The van der Waals surface area contributed by atoms with Crippen molar-refractivity contribution in [3.63, 3.8) is 0 Å². The summed E-state index contributed by atoms with van der Waals surface area (Å²) in [4.78, 5) is 31.4. The van der Waals surface area contributed by atoms with Crippen molar-refractivity contribution in [2.45, 2.75) is 19.8 Å². The average molecular weight is 295 g/mol. The van der Waals surface area contributed by atoms with Crippen molar-refractivity contribution < 1.29 is 9.59 Å². The van der Waals surface area contributed by atoms with Gasteiger partial charge < -0.3 is 15.1 Å². The number of amidine groups is 1. The van der Waals surface area contributed by atoms with Crippen molar-refractivity contribution in [2.75, 3.05) is 40.3 Å². The highest BCUT2D eigenvalue weighted by Crippen LogP contribution is 2.02. The van der Waals surface area contributed by atoms with Crippen LogP contribution >= 0.6 is 0 Å². The quantitative estimate of drug-likeness (QED) is 0.603. The molecule has 2 N–H and O–H groups in total. The van der Waals surface area contributed by atoms with Crippen molar-refractivity contribution in [3.05, 3.63) is 12.2 Å². The third kappa shape index (κ3) is 6.40. The summed E-state index contributed by atoms with van der Waals surface area (Å²) in [6.45, 7) is 5.05. The fraction of sp³-hybridized carbons (Fsp3) is 0.643. The maximum atomic E-state index is 12.1. The van der Waals surface area contributed by atoms with E-state index in [-0.39, 0.29) is 17.9 Å². The van der Waals surface area contributed by atoms with Gasteiger partial charge in [0.2, 0.25) is 0 Å². The van der Waals surface area contributed by atoms with Crippen LogP contribution in [0.2, 0.25) is 0 Å². The van der Waals surface area contributed by atoms with Gasteiger partial charge in [-0.3, -0.25) is 5.32 Å². The first kappa shape index (κ1) is 17.2. The Balaban J connectivity index is 2.70. The fourth-order valence-electron chi connectivity index (χ4n) is 1.82. The molecule has 118 valence electrons. The number of urea groups is 2. The van der Waals surface area contributed by atoms with Crippen LogP contribution in [0.25, 0.3) is 0 Å². The number of likely N-dealkylation sites (N-methyl/N-ethyl adjacent to an activating group) is 1. The van der Waals surface area contributed by atoms with Crippen LogP contribution in [0.4, 0.5) is 9.59 Å². The van der Waals surface area contributed by atoms with Crippen molar-refractivity contribution in [1.82, 2.24) is 20.4 Å². The van der Waals surface area contributed by atoms with E-state index in [1.807, 2.05) is 13.1 Å². The lowest BCUT2D eigenvalue weighted by atomic mass is 10.3. The zero-order valence-electron chi connectivity index (χ0n) is 13.1. The second kappa shape index (κ2) is 9.12. The standard InChI is InChI=1S/C14H25N5O2/c1-4-5-6-7-12(16-13(20)15-2)17-14(21)19-10-8-18(3)9-11-19/h6-7H,4-5,8-11H2,1-3H3,(H2,15,16,17,20,21)/b7-6-. The SMILES string of the molecule is CCC/C=C\C(=NC(=O)N1CCN(C)CC1)NC(=O)NC. The molecule has 0 atom stereocenters. The molecule has 1 fully saturated rings. The molecule has 0 spiro atoms. The first-order valence-corrected chi connectivity index (χ1v) is 7.28. The van der Waals surface area contributed by atoms with Crippen LogP contribution < -0.4 is 10.6 Å². The first-order valence-electron chi connectivity index (χ1n) is 7.28. The summed E-state index contributed by atoms with van der Waals surface area (Å²) in [5, 5.41) is 5.01. The molecule has 0 saturated carbocycles. The Morgan fingerprint density at radius 3 is 2.48 bits per heavy atom. The zero-order chi connectivity index (χ0) is 15.7. The Labute approximate surface area is 126 Å². The molecule has 0 unspecified atom stereocenters. The molecule has 7 heteroatoms. The van der Waals surface area contributed by atoms with E-state index in [0.29, 0.717) is 13.1 Å². The molecule has 1 aliphatic heterocycles. The van der Waals surface area contributed by atoms with Gasteiger partial charge in [0.05, 0.1) is 0 Å². The molecule has 4 amide bonds. The van der Waals surface area contributed by atoms with E-state index in [1.54, 1.807) is 11.0 Å². The molecule has 21 heavy (non-hydrogen) atoms. The second-order valence-electron chi connectivity index (χ2n) is 4.97. The molecule has 1 saturated heterocycles. The van der Waals surface area contributed by atoms with Gasteiger partial charge in [0.15, 0.2) is 0 Å². The Hall–Kier alpha value is -1.89. The molecule has 1 rings (SSSR count). The summed E-state index contributed by atoms with van der Waals surface area (Å²) < 4.78 is 0. The number of nitrogens with zero attached hydrogens (tertiary/aromatic N) is 3. The van der Waals surface area contributed by atoms with Gasteiger partial charge in [-0.15, -0.1) is 0 Å². The highest BCUT2D eigenvalue weighted by atomic mass is 16.2. The summed E-state index contributed by atoms with van der Waals surface area (Å²) in [7, 11) is 3.54. The number of allylic oxidation sites excluding steroid dienone is 1. The predicted octanol–water partition coefficient (Wildman–Crippen LogP) is 1.04. The van der Waals surface area contributed by atoms with Crippen molar-refractivity contribution in [2.24, 2.45) is 4.99 Å². The molecule has 0 aliphatic carbocycles. The Morgan fingerprint density at radius 2 is 1.90 bits per heavy atom. The third-order valence-corrected chi connectivity index (χ3v) is 3.19. The summed E-state index contributed by atoms with van der Waals surface area (Å²) >= 11 is 0. The lowest BCUT2D eigenvalue weighted by molar-refractivity contribution is 0.161. The second-order valence-corrected chi connectivity index (χ2v) is 4.97. The van der Waals surface area contributed by atoms with Crippen LogP contribution in [0.15, 0.2) is 17.1 Å². The van der Waals surface area contributed by atoms with Crippen LogP contribution in [0.1, 0.15) is 19.8 Å². The normalized spacial score (nSPS) is 17.1. The van der Waals surface area contributed by atoms with Gasteiger partial charge in [-0.05, 0) is 19.5 Å². The third-order valence-electron chi connectivity index (χ3n) is 3.19. The lowest BCUT2D eigenvalue weighted by Crippen LogP contribution is -2.47. The molecule has 0 radical (unpaired) electrons. The number of aliphatic imine (C=N–C) groups is 1. The van der Waals surface area contributed by atoms with Crippen molar-refractivity contribution in [3.8, 4) is 0 Å². The van der Waals surface area contributed by atoms with Gasteiger partial charge in [0.1, 0.15) is 5.84 Å². The minimum Gasteiger partial charge on any atom is -0.341 e. The smallest absolute Gasteiger partial charge is 0.341 e. The number of carbonyl (C=O) groups is 2. The van der Waals surface area contributed by atoms with Crippen LogP contribution in [-0.2, 0) is 0 Å². The zero-order valence-corrected chi connectivity index (χ0v) is 13.1. The summed E-state index contributed by atoms with van der Waals surface area (Å²) in [6, 6.07) is -0.697. The topological polar surface area (TPSA) is 77.0 Å². The number of hydrogen-bond acceptors (Lipinski definition) is 3. The molecule has 0 aromatic rings. The fourth-order valence-corrected chi connectivity index (χ4v) is 1.82. The minimum atomic E-state index is -0.388. The number of piperazine rings is 1. The summed E-state index contributed by atoms with van der Waals surface area (Å²) in [5.41, 5.74) is 0. The van der Waals surface area contributed by atoms with Crippen LogP contribution in [-0.4, -0.2) is 68.0 Å². The maximum Gasteiger partial charge on any atom is 0.345 e. The Kier molecular flexibility index (Phi) is 7.45. The maximum absolute atomic E-state index is 12.1. The van der Waals surface area contributed by atoms with Crippen LogP contribution in [0, 0.1) is 0 Å². The molecular weight excluding hydrogens is 270 g/mol. The summed E-state index contributed by atoms with van der Waals surface area (Å²) in [5.74, 6) is 0.270. The molecule has 0 aromatic carbocycles. The van der Waals surface area contributed by atoms with Gasteiger partial charge in [-0.2, -0.15) is 4.99 Å². The van der Waals surface area contributed by atoms with Gasteiger partial charge in [-0.25, -0.2) is 9.59 Å². The number of carbonyl (C=O) groups excluding carboxylic acids is 2. The summed E-state index contributed by atoms with van der Waals surface area (Å²) in [6.07, 6.45) is 5.44. The molecule has 1 aliphatic rings. The molecular formula is C14H25N5O2. The number of hydrogen-bond donors (Lipinski definition) is 2. The molecule has 7 nitrogen and oxygen atoms in total. The largest absolute Gasteiger partial charge is 0.345 e. The lowest BCUT2D eigenvalue weighted by Gasteiger charge is -2.31. The molecule has 0 aromatic heterocycles. The van der Waals surface area contributed by atoms with E-state index in [0.717, 1.165) is 25.9 Å². The highest BCUT2D eigenvalue weighted by Gasteiger charge is 2.18. The van der Waals surface area contributed by atoms with Gasteiger partial charge >= 0.3 is 12.1 Å². The van der Waals surface area contributed by atoms with E-state index in [9.17, 15) is 9.59 Å². The van der Waals surface area contributed by atoms with Crippen LogP contribution in [0.5, 0.6) is 0 Å². The Morgan fingerprint density at radius 1 is 1.24 bits per heavy atom. The highest BCUT2D eigenvalue weighted by molar-refractivity contribution is 6.07. The van der Waals surface area contributed by atoms with Gasteiger partial charge in [0, 0.05) is 33.2 Å². The van der Waals surface area contributed by atoms with Gasteiger partial charge in [0.25, 0.3) is 0 Å². The Bertz CT molecular complexity index is 412. The van der Waals surface area contributed by atoms with Crippen molar-refractivity contribution >= 4 is 17.9 Å². The number of nitrogens with one attached hydrogen (secondary N) is 2. The first-order chi connectivity index (χ1) is 10.1. The minimum absolute atomic E-state index is 0.270. The van der Waals surface area contributed by atoms with Crippen molar-refractivity contribution in [1.29, 1.82) is 0 Å². The van der Waals surface area contributed by atoms with E-state index < -0.39 is 0 Å². The van der Waals surface area contributed by atoms with E-state index in [1.165, 1.54) is 7.05 Å². The average Bonchev–Trinajstić information content (AvgIpc) is 2.47. The number of unbranched alkanes of at least 4 members (excludes halogenated alkanes) is 1. The molecule has 1 heterocycles. The number of rotatable bonds is 3. The van der Waals surface area contributed by atoms with Gasteiger partial charge in [-0.1, -0.05) is 19.4 Å². The predicted molar refractivity (Wildman–Crippen MR) is 83.5 cm³/mol. The van der Waals surface area contributed by atoms with E-state index >= 15 is 0 Å².